The number of carbonyl (C=O) groups is 1. The Labute approximate surface area is 341 Å². The Kier molecular flexibility index (Phi) is 17.2. The van der Waals surface area contributed by atoms with Crippen LogP contribution < -0.4 is 0 Å². The maximum atomic E-state index is 11.5. The molecule has 0 aliphatic heterocycles. The predicted octanol–water partition coefficient (Wildman–Crippen LogP) is 11.8. The van der Waals surface area contributed by atoms with Crippen LogP contribution in [0, 0.1) is 13.8 Å². The number of hydrogen-bond donors (Lipinski definition) is 3. The number of carboxylic acids is 1. The molecule has 0 unspecified atom stereocenters. The van der Waals surface area contributed by atoms with Crippen molar-refractivity contribution in [2.45, 2.75) is 138 Å². The van der Waals surface area contributed by atoms with E-state index in [1.165, 1.54) is 22.3 Å². The fourth-order valence-corrected chi connectivity index (χ4v) is 6.83. The summed E-state index contributed by atoms with van der Waals surface area (Å²) in [5.41, 5.74) is 10.7. The standard InChI is InChI=1S/C46H60N2O2.C2H4O2.Mn/c1-13-39(33-19-23-37(24-20-33)45(7,8)9)41-29(3)15-17-35(43(41)49)27-47-31(5)32(6)48-28-36-18-16-30(4)42(44(36)50)40(14-2)34-21-25-38(26-22-34)46(10,11)12;1-2(3)4;/h15-28,31-32,39-40,49-50H,13-14H2,1-12H3;1H3,(H,3,4);/t31-,32-,39+,40+;;/m0../s1. The molecule has 4 aromatic rings. The molecule has 0 aliphatic rings. The molecule has 4 aromatic carbocycles. The first-order valence-corrected chi connectivity index (χ1v) is 19.3. The summed E-state index contributed by atoms with van der Waals surface area (Å²) in [6.07, 6.45) is 5.31. The van der Waals surface area contributed by atoms with Gasteiger partial charge in [0.2, 0.25) is 0 Å². The van der Waals surface area contributed by atoms with E-state index in [-0.39, 0.29) is 51.8 Å². The van der Waals surface area contributed by atoms with Crippen molar-refractivity contribution in [2.75, 3.05) is 0 Å². The van der Waals surface area contributed by atoms with E-state index in [2.05, 4.69) is 130 Å². The third-order valence-corrected chi connectivity index (χ3v) is 10.4. The Morgan fingerprint density at radius 1 is 0.618 bits per heavy atom. The number of aliphatic imine (C=N–C) groups is 2. The average Bonchev–Trinajstić information content (AvgIpc) is 3.10. The van der Waals surface area contributed by atoms with E-state index in [0.29, 0.717) is 22.6 Å². The Bertz CT molecular complexity index is 1780. The molecule has 0 fully saturated rings. The molecular weight excluding hydrogens is 723 g/mol. The maximum Gasteiger partial charge on any atom is 0.300 e. The molecule has 3 N–H and O–H groups in total. The van der Waals surface area contributed by atoms with Crippen LogP contribution in [0.1, 0.15) is 156 Å². The van der Waals surface area contributed by atoms with E-state index in [1.807, 2.05) is 26.0 Å². The Balaban J connectivity index is 0.00000199. The summed E-state index contributed by atoms with van der Waals surface area (Å²) in [5.74, 6) is -0.0833. The topological polar surface area (TPSA) is 102 Å². The number of benzene rings is 4. The third kappa shape index (κ3) is 12.4. The molecule has 0 bridgehead atoms. The van der Waals surface area contributed by atoms with Gasteiger partial charge in [0, 0.05) is 70.5 Å². The number of aryl methyl sites for hydroxylation is 2. The average molecular weight is 788 g/mol. The first-order chi connectivity index (χ1) is 25.2. The molecule has 55 heavy (non-hydrogen) atoms. The number of hydrogen-bond acceptors (Lipinski definition) is 5. The van der Waals surface area contributed by atoms with E-state index in [4.69, 9.17) is 19.9 Å². The van der Waals surface area contributed by atoms with Crippen molar-refractivity contribution < 1.29 is 37.2 Å². The van der Waals surface area contributed by atoms with Crippen LogP contribution in [0.25, 0.3) is 0 Å². The van der Waals surface area contributed by atoms with Crippen molar-refractivity contribution >= 4 is 18.4 Å². The van der Waals surface area contributed by atoms with E-state index in [1.54, 1.807) is 12.4 Å². The summed E-state index contributed by atoms with van der Waals surface area (Å²) in [7, 11) is 0. The van der Waals surface area contributed by atoms with Crippen molar-refractivity contribution in [3.63, 3.8) is 0 Å². The quantitative estimate of drug-likeness (QED) is 0.104. The van der Waals surface area contributed by atoms with E-state index in [0.717, 1.165) is 42.0 Å². The Hall–Kier alpha value is -4.19. The second-order valence-electron chi connectivity index (χ2n) is 16.7. The zero-order valence-electron chi connectivity index (χ0n) is 35.3. The molecule has 4 atom stereocenters. The van der Waals surface area contributed by atoms with Crippen molar-refractivity contribution in [1.29, 1.82) is 0 Å². The molecule has 1 radical (unpaired) electrons. The van der Waals surface area contributed by atoms with Crippen LogP contribution in [0.2, 0.25) is 0 Å². The molecule has 6 nitrogen and oxygen atoms in total. The number of carboxylic acid groups (broad SMARTS) is 1. The number of aromatic hydroxyl groups is 2. The van der Waals surface area contributed by atoms with Gasteiger partial charge in [-0.2, -0.15) is 0 Å². The maximum absolute atomic E-state index is 11.5. The number of nitrogens with zero attached hydrogens (tertiary/aromatic N) is 2. The molecule has 0 spiro atoms. The third-order valence-electron chi connectivity index (χ3n) is 10.4. The molecular formula is C48H64MnN2O4. The minimum atomic E-state index is -0.833. The van der Waals surface area contributed by atoms with Gasteiger partial charge in [-0.05, 0) is 96.9 Å². The van der Waals surface area contributed by atoms with Crippen molar-refractivity contribution in [1.82, 2.24) is 0 Å². The number of phenols is 2. The molecule has 297 valence electrons. The van der Waals surface area contributed by atoms with Crippen LogP contribution in [0.15, 0.2) is 82.8 Å². The zero-order valence-corrected chi connectivity index (χ0v) is 36.5. The van der Waals surface area contributed by atoms with Gasteiger partial charge in [0.25, 0.3) is 5.97 Å². The Morgan fingerprint density at radius 2 is 0.909 bits per heavy atom. The molecule has 0 heterocycles. The molecule has 4 rings (SSSR count). The summed E-state index contributed by atoms with van der Waals surface area (Å²) < 4.78 is 0. The van der Waals surface area contributed by atoms with Crippen LogP contribution in [-0.2, 0) is 32.7 Å². The normalized spacial score (nSPS) is 14.1. The molecule has 0 aliphatic carbocycles. The van der Waals surface area contributed by atoms with Crippen LogP contribution in [-0.4, -0.2) is 45.8 Å². The molecule has 7 heteroatoms. The van der Waals surface area contributed by atoms with Gasteiger partial charge in [0.15, 0.2) is 0 Å². The molecule has 0 saturated carbocycles. The fourth-order valence-electron chi connectivity index (χ4n) is 6.83. The zero-order chi connectivity index (χ0) is 40.5. The van der Waals surface area contributed by atoms with Crippen molar-refractivity contribution in [3.05, 3.63) is 128 Å². The molecule has 0 aromatic heterocycles. The van der Waals surface area contributed by atoms with Crippen LogP contribution in [0.4, 0.5) is 0 Å². The van der Waals surface area contributed by atoms with E-state index >= 15 is 0 Å². The monoisotopic (exact) mass is 787 g/mol. The van der Waals surface area contributed by atoms with Gasteiger partial charge in [-0.1, -0.05) is 116 Å². The van der Waals surface area contributed by atoms with Gasteiger partial charge in [0.1, 0.15) is 11.5 Å². The summed E-state index contributed by atoms with van der Waals surface area (Å²) in [4.78, 5) is 18.7. The van der Waals surface area contributed by atoms with Crippen LogP contribution in [0.5, 0.6) is 11.5 Å². The van der Waals surface area contributed by atoms with Gasteiger partial charge in [0.05, 0.1) is 12.1 Å². The van der Waals surface area contributed by atoms with Crippen LogP contribution in [0.3, 0.4) is 0 Å². The second-order valence-corrected chi connectivity index (χ2v) is 16.7. The van der Waals surface area contributed by atoms with Crippen molar-refractivity contribution in [2.24, 2.45) is 9.98 Å². The first-order valence-electron chi connectivity index (χ1n) is 19.3. The molecule has 0 saturated heterocycles. The Morgan fingerprint density at radius 3 is 1.16 bits per heavy atom. The van der Waals surface area contributed by atoms with E-state index < -0.39 is 5.97 Å². The van der Waals surface area contributed by atoms with Gasteiger partial charge in [-0.15, -0.1) is 0 Å². The largest absolute Gasteiger partial charge is 0.507 e. The smallest absolute Gasteiger partial charge is 0.300 e. The minimum Gasteiger partial charge on any atom is -0.507 e. The minimum absolute atomic E-state index is 0. The van der Waals surface area contributed by atoms with Crippen LogP contribution >= 0.6 is 0 Å². The fraction of sp³-hybridized carbons (Fsp3) is 0.438. The number of rotatable bonds is 11. The van der Waals surface area contributed by atoms with E-state index in [9.17, 15) is 10.2 Å². The first kappa shape index (κ1) is 47.0. The molecule has 0 amide bonds. The van der Waals surface area contributed by atoms with Gasteiger partial charge in [-0.25, -0.2) is 0 Å². The van der Waals surface area contributed by atoms with Gasteiger partial charge in [-0.3, -0.25) is 14.8 Å². The predicted molar refractivity (Wildman–Crippen MR) is 228 cm³/mol. The number of aliphatic carboxylic acids is 1. The van der Waals surface area contributed by atoms with Gasteiger partial charge >= 0.3 is 0 Å². The second kappa shape index (κ2) is 20.1. The van der Waals surface area contributed by atoms with Gasteiger partial charge < -0.3 is 15.3 Å². The van der Waals surface area contributed by atoms with Crippen molar-refractivity contribution in [3.8, 4) is 11.5 Å². The summed E-state index contributed by atoms with van der Waals surface area (Å²) in [5, 5.41) is 30.5. The number of phenolic OH excluding ortho intramolecular Hbond substituents is 2. The summed E-state index contributed by atoms with van der Waals surface area (Å²) in [6.45, 7) is 27.0. The summed E-state index contributed by atoms with van der Waals surface area (Å²) >= 11 is 0. The summed E-state index contributed by atoms with van der Waals surface area (Å²) in [6, 6.07) is 25.4. The SMILES string of the molecule is CC(=O)O.CC[C@H](c1ccc(C(C)(C)C)cc1)c1c(C)ccc(C=N[C@@H](C)[C@H](C)N=Cc2ccc(C)c([C@H](CC)c3ccc(C(C)(C)C)cc3)c2O)c1O.[Mn].